The molecule has 1 aliphatic heterocycles. The summed E-state index contributed by atoms with van der Waals surface area (Å²) in [6.07, 6.45) is 0.326. The van der Waals surface area contributed by atoms with E-state index in [1.165, 1.54) is 0 Å². The van der Waals surface area contributed by atoms with Crippen molar-refractivity contribution in [2.45, 2.75) is 19.1 Å². The zero-order valence-electron chi connectivity index (χ0n) is 7.58. The Labute approximate surface area is 73.4 Å². The molecule has 2 atom stereocenters. The molecular formula is C8H18N2O2. The molecule has 72 valence electrons. The zero-order valence-corrected chi connectivity index (χ0v) is 7.58. The Bertz CT molecular complexity index is 116. The lowest BCUT2D eigenvalue weighted by Crippen LogP contribution is -2.45. The van der Waals surface area contributed by atoms with Crippen molar-refractivity contribution in [3.05, 3.63) is 0 Å². The molecule has 1 heterocycles. The van der Waals surface area contributed by atoms with Crippen LogP contribution in [0.5, 0.6) is 0 Å². The lowest BCUT2D eigenvalue weighted by atomic mass is 10.2. The molecule has 0 aliphatic carbocycles. The SMILES string of the molecule is CC(OCCN)C1CNCCO1. The maximum atomic E-state index is 5.51. The van der Waals surface area contributed by atoms with Crippen molar-refractivity contribution < 1.29 is 9.47 Å². The van der Waals surface area contributed by atoms with Crippen LogP contribution in [0.2, 0.25) is 0 Å². The van der Waals surface area contributed by atoms with E-state index in [1.54, 1.807) is 0 Å². The van der Waals surface area contributed by atoms with Crippen LogP contribution < -0.4 is 11.1 Å². The highest BCUT2D eigenvalue weighted by atomic mass is 16.5. The highest BCUT2D eigenvalue weighted by molar-refractivity contribution is 4.72. The standard InChI is InChI=1S/C8H18N2O2/c1-7(11-4-2-9)8-6-10-3-5-12-8/h7-8,10H,2-6,9H2,1H3. The van der Waals surface area contributed by atoms with Gasteiger partial charge >= 0.3 is 0 Å². The van der Waals surface area contributed by atoms with Crippen LogP contribution >= 0.6 is 0 Å². The molecule has 0 aromatic heterocycles. The maximum absolute atomic E-state index is 5.51. The number of hydrogen-bond donors (Lipinski definition) is 2. The number of ether oxygens (including phenoxy) is 2. The van der Waals surface area contributed by atoms with Crippen molar-refractivity contribution >= 4 is 0 Å². The van der Waals surface area contributed by atoms with E-state index < -0.39 is 0 Å². The molecule has 2 unspecified atom stereocenters. The molecule has 3 N–H and O–H groups in total. The molecule has 0 bridgehead atoms. The third kappa shape index (κ3) is 3.06. The van der Waals surface area contributed by atoms with Crippen molar-refractivity contribution in [1.82, 2.24) is 5.32 Å². The van der Waals surface area contributed by atoms with E-state index in [-0.39, 0.29) is 12.2 Å². The minimum Gasteiger partial charge on any atom is -0.374 e. The van der Waals surface area contributed by atoms with Crippen LogP contribution in [0.4, 0.5) is 0 Å². The summed E-state index contributed by atoms with van der Waals surface area (Å²) in [6.45, 7) is 5.81. The van der Waals surface area contributed by atoms with E-state index in [2.05, 4.69) is 5.32 Å². The molecule has 1 rings (SSSR count). The van der Waals surface area contributed by atoms with Crippen LogP contribution in [-0.4, -0.2) is 45.1 Å². The second-order valence-electron chi connectivity index (χ2n) is 2.98. The molecule has 1 aliphatic rings. The van der Waals surface area contributed by atoms with Crippen LogP contribution in [0.25, 0.3) is 0 Å². The number of morpholine rings is 1. The van der Waals surface area contributed by atoms with Gasteiger partial charge < -0.3 is 20.5 Å². The molecule has 0 saturated carbocycles. The van der Waals surface area contributed by atoms with Gasteiger partial charge in [0.2, 0.25) is 0 Å². The van der Waals surface area contributed by atoms with Gasteiger partial charge in [-0.3, -0.25) is 0 Å². The smallest absolute Gasteiger partial charge is 0.0958 e. The van der Waals surface area contributed by atoms with Crippen molar-refractivity contribution in [2.75, 3.05) is 32.8 Å². The molecule has 1 saturated heterocycles. The molecule has 0 spiro atoms. The van der Waals surface area contributed by atoms with Crippen LogP contribution in [-0.2, 0) is 9.47 Å². The van der Waals surface area contributed by atoms with Crippen molar-refractivity contribution in [3.63, 3.8) is 0 Å². The Hall–Kier alpha value is -0.160. The minimum atomic E-state index is 0.140. The summed E-state index contributed by atoms with van der Waals surface area (Å²) in [7, 11) is 0. The summed E-state index contributed by atoms with van der Waals surface area (Å²) in [5, 5.41) is 3.26. The van der Waals surface area contributed by atoms with Gasteiger partial charge in [-0.15, -0.1) is 0 Å². The number of nitrogens with one attached hydrogen (secondary N) is 1. The first kappa shape index (κ1) is 9.92. The molecule has 12 heavy (non-hydrogen) atoms. The predicted octanol–water partition coefficient (Wildman–Crippen LogP) is -0.661. The molecule has 0 aromatic rings. The van der Waals surface area contributed by atoms with Crippen molar-refractivity contribution in [1.29, 1.82) is 0 Å². The van der Waals surface area contributed by atoms with Gasteiger partial charge in [-0.05, 0) is 6.92 Å². The summed E-state index contributed by atoms with van der Waals surface area (Å²) < 4.78 is 10.9. The van der Waals surface area contributed by atoms with Gasteiger partial charge in [0.25, 0.3) is 0 Å². The average Bonchev–Trinajstić information content (AvgIpc) is 2.15. The lowest BCUT2D eigenvalue weighted by Gasteiger charge is -2.28. The first-order valence-electron chi connectivity index (χ1n) is 4.48. The van der Waals surface area contributed by atoms with Gasteiger partial charge in [-0.25, -0.2) is 0 Å². The van der Waals surface area contributed by atoms with E-state index in [9.17, 15) is 0 Å². The second-order valence-corrected chi connectivity index (χ2v) is 2.98. The Kier molecular flexibility index (Phi) is 4.53. The number of rotatable bonds is 4. The third-order valence-corrected chi connectivity index (χ3v) is 1.98. The molecule has 4 nitrogen and oxygen atoms in total. The highest BCUT2D eigenvalue weighted by Crippen LogP contribution is 2.05. The molecule has 0 amide bonds. The van der Waals surface area contributed by atoms with Crippen LogP contribution in [0.1, 0.15) is 6.92 Å². The van der Waals surface area contributed by atoms with E-state index in [0.717, 1.165) is 19.7 Å². The summed E-state index contributed by atoms with van der Waals surface area (Å²) >= 11 is 0. The second kappa shape index (κ2) is 5.48. The maximum Gasteiger partial charge on any atom is 0.0958 e. The highest BCUT2D eigenvalue weighted by Gasteiger charge is 2.20. The van der Waals surface area contributed by atoms with Gasteiger partial charge in [0.15, 0.2) is 0 Å². The van der Waals surface area contributed by atoms with E-state index in [1.807, 2.05) is 6.92 Å². The quantitative estimate of drug-likeness (QED) is 0.594. The van der Waals surface area contributed by atoms with Crippen LogP contribution in [0, 0.1) is 0 Å². The van der Waals surface area contributed by atoms with Gasteiger partial charge in [0, 0.05) is 19.6 Å². The summed E-state index contributed by atoms with van der Waals surface area (Å²) in [5.74, 6) is 0. The van der Waals surface area contributed by atoms with Crippen molar-refractivity contribution in [2.24, 2.45) is 5.73 Å². The summed E-state index contributed by atoms with van der Waals surface area (Å²) in [5.41, 5.74) is 5.32. The van der Waals surface area contributed by atoms with Gasteiger partial charge in [0.1, 0.15) is 0 Å². The minimum absolute atomic E-state index is 0.140. The monoisotopic (exact) mass is 174 g/mol. The zero-order chi connectivity index (χ0) is 8.81. The molecule has 1 fully saturated rings. The van der Waals surface area contributed by atoms with Crippen LogP contribution in [0.3, 0.4) is 0 Å². The topological polar surface area (TPSA) is 56.5 Å². The fourth-order valence-corrected chi connectivity index (χ4v) is 1.25. The molecule has 0 radical (unpaired) electrons. The fraction of sp³-hybridized carbons (Fsp3) is 1.00. The fourth-order valence-electron chi connectivity index (χ4n) is 1.25. The van der Waals surface area contributed by atoms with Gasteiger partial charge in [-0.2, -0.15) is 0 Å². The Morgan fingerprint density at radius 1 is 1.75 bits per heavy atom. The van der Waals surface area contributed by atoms with E-state index in [4.69, 9.17) is 15.2 Å². The molecular weight excluding hydrogens is 156 g/mol. The Morgan fingerprint density at radius 2 is 2.58 bits per heavy atom. The lowest BCUT2D eigenvalue weighted by molar-refractivity contribution is -0.0742. The van der Waals surface area contributed by atoms with Gasteiger partial charge in [0.05, 0.1) is 25.4 Å². The van der Waals surface area contributed by atoms with E-state index >= 15 is 0 Å². The first-order valence-corrected chi connectivity index (χ1v) is 4.48. The Balaban J connectivity index is 2.15. The first-order chi connectivity index (χ1) is 5.84. The Morgan fingerprint density at radius 3 is 3.17 bits per heavy atom. The van der Waals surface area contributed by atoms with Gasteiger partial charge in [-0.1, -0.05) is 0 Å². The molecule has 4 heteroatoms. The summed E-state index contributed by atoms with van der Waals surface area (Å²) in [4.78, 5) is 0. The average molecular weight is 174 g/mol. The normalized spacial score (nSPS) is 27.0. The number of nitrogens with two attached hydrogens (primary N) is 1. The van der Waals surface area contributed by atoms with Crippen LogP contribution in [0.15, 0.2) is 0 Å². The third-order valence-electron chi connectivity index (χ3n) is 1.98. The largest absolute Gasteiger partial charge is 0.374 e. The van der Waals surface area contributed by atoms with Crippen molar-refractivity contribution in [3.8, 4) is 0 Å². The van der Waals surface area contributed by atoms with E-state index in [0.29, 0.717) is 13.2 Å². The predicted molar refractivity (Wildman–Crippen MR) is 47.1 cm³/mol. The summed E-state index contributed by atoms with van der Waals surface area (Å²) in [6, 6.07) is 0. The number of hydrogen-bond acceptors (Lipinski definition) is 4. The molecule has 0 aromatic carbocycles.